The molecule has 4 heteroatoms. The van der Waals surface area contributed by atoms with E-state index < -0.39 is 0 Å². The molecule has 0 heterocycles. The normalized spacial score (nSPS) is 10.9. The molecule has 0 unspecified atom stereocenters. The Bertz CT molecular complexity index is 366. The van der Waals surface area contributed by atoms with Gasteiger partial charge in [-0.05, 0) is 18.4 Å². The highest BCUT2D eigenvalue weighted by Crippen LogP contribution is 2.28. The molecule has 0 radical (unpaired) electrons. The van der Waals surface area contributed by atoms with Gasteiger partial charge >= 0.3 is 0 Å². The minimum absolute atomic E-state index is 0.207. The molecule has 2 N–H and O–H groups in total. The molecule has 1 aromatic rings. The van der Waals surface area contributed by atoms with Crippen LogP contribution >= 0.6 is 0 Å². The Morgan fingerprint density at radius 1 is 1.26 bits per heavy atom. The van der Waals surface area contributed by atoms with Crippen LogP contribution in [0.2, 0.25) is 0 Å². The molecule has 0 aromatic heterocycles. The van der Waals surface area contributed by atoms with Crippen LogP contribution in [0.3, 0.4) is 0 Å². The van der Waals surface area contributed by atoms with Crippen molar-refractivity contribution < 1.29 is 14.6 Å². The molecule has 0 bridgehead atoms. The number of rotatable bonds is 9. The third-order valence-corrected chi connectivity index (χ3v) is 2.88. The monoisotopic (exact) mass is 267 g/mol. The van der Waals surface area contributed by atoms with Crippen LogP contribution in [0.25, 0.3) is 0 Å². The first-order valence-electron chi connectivity index (χ1n) is 6.78. The molecule has 19 heavy (non-hydrogen) atoms. The highest BCUT2D eigenvalue weighted by atomic mass is 16.5. The quantitative estimate of drug-likeness (QED) is 0.675. The fourth-order valence-corrected chi connectivity index (χ4v) is 1.66. The molecule has 0 saturated heterocycles. The highest BCUT2D eigenvalue weighted by Gasteiger charge is 2.06. The second-order valence-electron chi connectivity index (χ2n) is 4.94. The maximum Gasteiger partial charge on any atom is 0.162 e. The molecule has 0 aliphatic heterocycles. The first kappa shape index (κ1) is 15.8. The van der Waals surface area contributed by atoms with E-state index in [0.29, 0.717) is 24.8 Å². The summed E-state index contributed by atoms with van der Waals surface area (Å²) in [5, 5.41) is 13.1. The predicted molar refractivity (Wildman–Crippen MR) is 76.6 cm³/mol. The summed E-state index contributed by atoms with van der Waals surface area (Å²) in [6, 6.07) is 5.49. The fraction of sp³-hybridized carbons (Fsp3) is 0.600. The molecule has 0 fully saturated rings. The van der Waals surface area contributed by atoms with Crippen molar-refractivity contribution in [2.24, 2.45) is 5.92 Å². The Morgan fingerprint density at radius 3 is 2.74 bits per heavy atom. The number of hydrogen-bond donors (Lipinski definition) is 2. The fourth-order valence-electron chi connectivity index (χ4n) is 1.66. The highest BCUT2D eigenvalue weighted by molar-refractivity contribution is 5.45. The number of aromatic hydroxyl groups is 1. The minimum Gasteiger partial charge on any atom is -0.504 e. The Hall–Kier alpha value is -1.26. The van der Waals surface area contributed by atoms with Gasteiger partial charge in [-0.15, -0.1) is 0 Å². The lowest BCUT2D eigenvalue weighted by Gasteiger charge is -2.10. The number of hydrogen-bond acceptors (Lipinski definition) is 4. The molecule has 0 amide bonds. The second kappa shape index (κ2) is 8.77. The van der Waals surface area contributed by atoms with E-state index in [2.05, 4.69) is 19.2 Å². The smallest absolute Gasteiger partial charge is 0.162 e. The molecule has 1 rings (SSSR count). The first-order valence-corrected chi connectivity index (χ1v) is 6.78. The van der Waals surface area contributed by atoms with Gasteiger partial charge in [-0.1, -0.05) is 26.0 Å². The van der Waals surface area contributed by atoms with Crippen molar-refractivity contribution in [3.8, 4) is 11.5 Å². The van der Waals surface area contributed by atoms with Gasteiger partial charge in [-0.25, -0.2) is 0 Å². The van der Waals surface area contributed by atoms with Crippen molar-refractivity contribution in [3.05, 3.63) is 23.8 Å². The van der Waals surface area contributed by atoms with E-state index in [1.165, 1.54) is 0 Å². The van der Waals surface area contributed by atoms with Crippen LogP contribution in [-0.4, -0.2) is 32.0 Å². The van der Waals surface area contributed by atoms with Gasteiger partial charge in [0.15, 0.2) is 11.5 Å². The summed E-state index contributed by atoms with van der Waals surface area (Å²) in [6.07, 6.45) is 1.09. The number of methoxy groups -OCH3 is 1. The molecule has 1 aromatic carbocycles. The van der Waals surface area contributed by atoms with Crippen molar-refractivity contribution in [3.63, 3.8) is 0 Å². The Labute approximate surface area is 115 Å². The van der Waals surface area contributed by atoms with E-state index in [4.69, 9.17) is 9.47 Å². The van der Waals surface area contributed by atoms with Crippen LogP contribution in [0.4, 0.5) is 0 Å². The number of ether oxygens (including phenoxy) is 2. The summed E-state index contributed by atoms with van der Waals surface area (Å²) in [5.41, 5.74) is 0.835. The number of benzene rings is 1. The predicted octanol–water partition coefficient (Wildman–Crippen LogP) is 2.55. The van der Waals surface area contributed by atoms with Crippen molar-refractivity contribution in [1.29, 1.82) is 0 Å². The van der Waals surface area contributed by atoms with E-state index in [9.17, 15) is 5.11 Å². The van der Waals surface area contributed by atoms with E-state index in [1.807, 2.05) is 12.1 Å². The Balaban J connectivity index is 2.19. The summed E-state index contributed by atoms with van der Waals surface area (Å²) in [7, 11) is 1.55. The zero-order chi connectivity index (χ0) is 14.1. The van der Waals surface area contributed by atoms with Gasteiger partial charge in [0.1, 0.15) is 0 Å². The molecule has 0 aliphatic carbocycles. The second-order valence-corrected chi connectivity index (χ2v) is 4.94. The summed E-state index contributed by atoms with van der Waals surface area (Å²) in [5.74, 6) is 1.40. The van der Waals surface area contributed by atoms with Crippen molar-refractivity contribution in [1.82, 2.24) is 5.32 Å². The van der Waals surface area contributed by atoms with Crippen molar-refractivity contribution in [2.75, 3.05) is 26.9 Å². The van der Waals surface area contributed by atoms with Crippen molar-refractivity contribution in [2.45, 2.75) is 26.8 Å². The number of phenolic OH excluding ortho intramolecular Hbond substituents is 1. The first-order chi connectivity index (χ1) is 9.15. The Morgan fingerprint density at radius 2 is 2.05 bits per heavy atom. The number of nitrogens with one attached hydrogen (secondary N) is 1. The van der Waals surface area contributed by atoms with E-state index in [0.717, 1.165) is 25.1 Å². The van der Waals surface area contributed by atoms with Gasteiger partial charge in [-0.2, -0.15) is 0 Å². The summed E-state index contributed by atoms with van der Waals surface area (Å²) in [6.45, 7) is 7.26. The molecule has 0 spiro atoms. The molecule has 0 aliphatic rings. The maximum absolute atomic E-state index is 9.89. The van der Waals surface area contributed by atoms with Gasteiger partial charge in [0.05, 0.1) is 13.7 Å². The lowest BCUT2D eigenvalue weighted by molar-refractivity contribution is 0.125. The van der Waals surface area contributed by atoms with E-state index in [1.54, 1.807) is 13.2 Å². The van der Waals surface area contributed by atoms with E-state index in [-0.39, 0.29) is 5.75 Å². The molecular weight excluding hydrogens is 242 g/mol. The van der Waals surface area contributed by atoms with Crippen LogP contribution in [0.1, 0.15) is 25.8 Å². The molecule has 108 valence electrons. The number of phenols is 1. The zero-order valence-electron chi connectivity index (χ0n) is 12.1. The zero-order valence-corrected chi connectivity index (χ0v) is 12.1. The topological polar surface area (TPSA) is 50.7 Å². The summed E-state index contributed by atoms with van der Waals surface area (Å²) >= 11 is 0. The van der Waals surface area contributed by atoms with Gasteiger partial charge in [-0.3, -0.25) is 0 Å². The summed E-state index contributed by atoms with van der Waals surface area (Å²) < 4.78 is 10.6. The van der Waals surface area contributed by atoms with Crippen molar-refractivity contribution >= 4 is 0 Å². The van der Waals surface area contributed by atoms with Crippen LogP contribution < -0.4 is 10.1 Å². The molecule has 0 saturated carbocycles. The van der Waals surface area contributed by atoms with Crippen LogP contribution in [0, 0.1) is 5.92 Å². The molecule has 0 atom stereocenters. The molecular formula is C15H25NO3. The van der Waals surface area contributed by atoms with Gasteiger partial charge in [0, 0.05) is 25.3 Å². The molecule has 4 nitrogen and oxygen atoms in total. The SMILES string of the molecule is COc1cccc(CNCCOCCC(C)C)c1O. The lowest BCUT2D eigenvalue weighted by Crippen LogP contribution is -2.19. The third kappa shape index (κ3) is 5.94. The largest absolute Gasteiger partial charge is 0.504 e. The average molecular weight is 267 g/mol. The standard InChI is InChI=1S/C15H25NO3/c1-12(2)7-9-19-10-8-16-11-13-5-4-6-14(18-3)15(13)17/h4-6,12,16-17H,7-11H2,1-3H3. The minimum atomic E-state index is 0.207. The van der Waals surface area contributed by atoms with Gasteiger partial charge < -0.3 is 19.9 Å². The Kier molecular flexibility index (Phi) is 7.30. The average Bonchev–Trinajstić information content (AvgIpc) is 2.39. The number of para-hydroxylation sites is 1. The maximum atomic E-state index is 9.89. The summed E-state index contributed by atoms with van der Waals surface area (Å²) in [4.78, 5) is 0. The lowest BCUT2D eigenvalue weighted by atomic mass is 10.1. The van der Waals surface area contributed by atoms with E-state index >= 15 is 0 Å². The van der Waals surface area contributed by atoms with Crippen LogP contribution in [0.15, 0.2) is 18.2 Å². The van der Waals surface area contributed by atoms with Gasteiger partial charge in [0.25, 0.3) is 0 Å². The third-order valence-electron chi connectivity index (χ3n) is 2.88. The van der Waals surface area contributed by atoms with Crippen LogP contribution in [0.5, 0.6) is 11.5 Å². The van der Waals surface area contributed by atoms with Gasteiger partial charge in [0.2, 0.25) is 0 Å². The van der Waals surface area contributed by atoms with Crippen LogP contribution in [-0.2, 0) is 11.3 Å².